The van der Waals surface area contributed by atoms with Crippen molar-refractivity contribution in [2.45, 2.75) is 246 Å². The molecule has 26 N–H and O–H groups in total. The highest BCUT2D eigenvalue weighted by atomic mass is 31.2. The Hall–Kier alpha value is -1.30. The van der Waals surface area contributed by atoms with Crippen molar-refractivity contribution in [2.24, 2.45) is 0 Å². The van der Waals surface area contributed by atoms with Crippen LogP contribution in [0.15, 0.2) is 0 Å². The van der Waals surface area contributed by atoms with Crippen molar-refractivity contribution in [2.75, 3.05) is 52.9 Å². The van der Waals surface area contributed by atoms with Crippen molar-refractivity contribution in [3.63, 3.8) is 0 Å². The molecule has 16 bridgehead atoms. The summed E-state index contributed by atoms with van der Waals surface area (Å²) in [7, 11) is -11.0. The van der Waals surface area contributed by atoms with Crippen LogP contribution in [0.5, 0.6) is 0 Å². The van der Waals surface area contributed by atoms with Crippen LogP contribution in [0.4, 0.5) is 0 Å². The first-order valence-electron chi connectivity index (χ1n) is 29.6. The molecule has 0 aromatic carbocycles. The maximum Gasteiger partial charge on any atom is 0.469 e. The minimum absolute atomic E-state index is 1.15. The molecule has 30 fully saturated rings. The first kappa shape index (κ1) is 78.8. The van der Waals surface area contributed by atoms with E-state index in [-0.39, 0.29) is 0 Å². The summed E-state index contributed by atoms with van der Waals surface area (Å²) in [5.41, 5.74) is 0. The Balaban J connectivity index is 1.01. The van der Waals surface area contributed by atoms with Gasteiger partial charge in [0.1, 0.15) is 195 Å². The van der Waals surface area contributed by atoms with Crippen molar-refractivity contribution in [1.29, 1.82) is 0 Å². The summed E-state index contributed by atoms with van der Waals surface area (Å²) < 4.78 is 124. The van der Waals surface area contributed by atoms with Gasteiger partial charge in [0, 0.05) is 0 Å². The summed E-state index contributed by atoms with van der Waals surface area (Å²) in [6.45, 7) is -9.67. The minimum Gasteiger partial charge on any atom is -0.394 e. The van der Waals surface area contributed by atoms with Crippen LogP contribution in [0.1, 0.15) is 0 Å². The summed E-state index contributed by atoms with van der Waals surface area (Å²) in [4.78, 5) is 38.6. The largest absolute Gasteiger partial charge is 0.469 e. The molecule has 30 saturated heterocycles. The minimum atomic E-state index is -5.50. The standard InChI is InChI=1S/C48H82O46P2/c49-1-9-33-18(56)26(64)42(80-9)89-35-11(3-51)83-45(29(67)21(35)59)93-39-15(7-77-95(71,72)73)86-48(32(70)24(39)62)92-38-14(6-54)82-44(28(66)20(38)58)90-36-12(4-52)84-46(30(68)22(36)60)94-40-16(8-78-96(74,75)76)85-47(31(69)23(40)61)91-37-13(5-53)81-43(27(65)19(37)57)88-34-10(2-50)79-41(87-33)25(63)17(34)55/h9-70H,1-8H2,(H2,71,72,73)(H2,74,75,76)/t9-,10-,11-,12-,13-,14-,15-,16-,17-,18-,19-,20-,21-,22-,23-,24-,25-,26-,27-,28-,29-,30-,31-,32-,33-,34-,35-,36-,37-,38-,39-,40-,41-,42-,43-,44-,45-,46-,47-,48-/m1/s1. The van der Waals surface area contributed by atoms with Gasteiger partial charge in [-0.25, -0.2) is 9.13 Å². The van der Waals surface area contributed by atoms with Gasteiger partial charge >= 0.3 is 15.6 Å². The molecule has 30 aliphatic heterocycles. The molecule has 30 heterocycles. The Kier molecular flexibility index (Phi) is 26.9. The second-order valence-electron chi connectivity index (χ2n) is 23.7. The molecule has 0 saturated carbocycles. The molecule has 0 aromatic rings. The lowest BCUT2D eigenvalue weighted by molar-refractivity contribution is -0.403. The molecule has 96 heavy (non-hydrogen) atoms. The molecule has 0 radical (unpaired) electrons. The first-order chi connectivity index (χ1) is 45.2. The van der Waals surface area contributed by atoms with E-state index in [2.05, 4.69) is 9.05 Å². The summed E-state index contributed by atoms with van der Waals surface area (Å²) in [5.74, 6) is 0. The van der Waals surface area contributed by atoms with Crippen LogP contribution in [-0.2, 0) is 94.0 Å². The van der Waals surface area contributed by atoms with Crippen LogP contribution in [0.2, 0.25) is 0 Å². The molecule has 0 spiro atoms. The summed E-state index contributed by atoms with van der Waals surface area (Å²) in [5, 5.41) is 246. The highest BCUT2D eigenvalue weighted by Crippen LogP contribution is 2.43. The molecular formula is C48H82O46P2. The number of phosphoric acid groups is 2. The molecule has 0 aromatic heterocycles. The molecule has 46 nitrogen and oxygen atoms in total. The quantitative estimate of drug-likeness (QED) is 0.0807. The highest BCUT2D eigenvalue weighted by molar-refractivity contribution is 7.46. The van der Waals surface area contributed by atoms with E-state index in [4.69, 9.17) is 75.8 Å². The molecule has 30 aliphatic rings. The molecular weight excluding hydrogens is 1370 g/mol. The fourth-order valence-electron chi connectivity index (χ4n) is 12.2. The number of rotatable bonds is 12. The van der Waals surface area contributed by atoms with E-state index in [1.165, 1.54) is 0 Å². The number of aliphatic hydroxyl groups is 22. The molecule has 0 aliphatic carbocycles. The predicted molar refractivity (Wildman–Crippen MR) is 283 cm³/mol. The summed E-state index contributed by atoms with van der Waals surface area (Å²) in [6.07, 6.45) is -88.0. The topological polar surface area (TPSA) is 726 Å². The number of aliphatic hydroxyl groups excluding tert-OH is 22. The van der Waals surface area contributed by atoms with Crippen molar-refractivity contribution in [1.82, 2.24) is 0 Å². The number of ether oxygens (including phenoxy) is 16. The van der Waals surface area contributed by atoms with Crippen LogP contribution in [0.25, 0.3) is 0 Å². The SMILES string of the molecule is O=P(O)(O)OC[C@H]1O[C@@H]2O[C@H]3[C@H](O)[C@@H](O)[C@@H](O[C@H]4[C@H](O)[C@@H](O)[C@@H](O[C@H]5[C@H](O)[C@@H](O)[C@@H](O[C@H]6[C@H](O)[C@@H](O)[C@@H](O[C@H]7[C@H](O)[C@@H](O)[C@@H](O[C@H]8[C@H](O)[C@@H](O)[C@@H](O[C@H]9[C@H](O)[C@@H](O)[C@@H](O[C@H]1[C@H](O)[C@H]2O)O[C@@H]9CO)O[C@@H]8CO)O[C@@H]7CO)O[C@@H]6CO)O[C@@H]5COP(=O)(O)O)O[C@@H]4CO)O[C@@H]3CO. The van der Waals surface area contributed by atoms with E-state index < -0.39 is 314 Å². The van der Waals surface area contributed by atoms with Crippen molar-refractivity contribution in [3.8, 4) is 0 Å². The van der Waals surface area contributed by atoms with Gasteiger partial charge in [0.2, 0.25) is 0 Å². The van der Waals surface area contributed by atoms with Crippen LogP contribution < -0.4 is 0 Å². The third kappa shape index (κ3) is 16.9. The Labute approximate surface area is 539 Å². The Bertz CT molecular complexity index is 2490. The number of hydrogen-bond acceptors (Lipinski definition) is 42. The zero-order valence-corrected chi connectivity index (χ0v) is 51.2. The Morgan fingerprint density at radius 3 is 0.458 bits per heavy atom. The van der Waals surface area contributed by atoms with E-state index in [9.17, 15) is 141 Å². The third-order valence-corrected chi connectivity index (χ3v) is 18.3. The smallest absolute Gasteiger partial charge is 0.394 e. The molecule has 0 amide bonds. The average molecular weight is 1460 g/mol. The third-order valence-electron chi connectivity index (χ3n) is 17.3. The van der Waals surface area contributed by atoms with Crippen LogP contribution in [0.3, 0.4) is 0 Å². The van der Waals surface area contributed by atoms with Crippen LogP contribution in [0, 0.1) is 0 Å². The predicted octanol–water partition coefficient (Wildman–Crippen LogP) is -17.2. The average Bonchev–Trinajstić information content (AvgIpc) is 0.780. The van der Waals surface area contributed by atoms with E-state index in [0.717, 1.165) is 0 Å². The number of hydrogen-bond donors (Lipinski definition) is 26. The number of phosphoric ester groups is 2. The van der Waals surface area contributed by atoms with E-state index in [1.807, 2.05) is 0 Å². The van der Waals surface area contributed by atoms with Crippen molar-refractivity contribution in [3.05, 3.63) is 0 Å². The van der Waals surface area contributed by atoms with Gasteiger partial charge in [-0.2, -0.15) is 0 Å². The van der Waals surface area contributed by atoms with Crippen molar-refractivity contribution < 1.29 is 226 Å². The maximum absolute atomic E-state index is 12.0. The van der Waals surface area contributed by atoms with Gasteiger partial charge < -0.3 is 208 Å². The molecule has 560 valence electrons. The van der Waals surface area contributed by atoms with Gasteiger partial charge in [0.15, 0.2) is 50.3 Å². The Morgan fingerprint density at radius 1 is 0.208 bits per heavy atom. The molecule has 0 unspecified atom stereocenters. The van der Waals surface area contributed by atoms with E-state index in [1.54, 1.807) is 0 Å². The monoisotopic (exact) mass is 1460 g/mol. The van der Waals surface area contributed by atoms with E-state index >= 15 is 0 Å². The zero-order chi connectivity index (χ0) is 70.5. The van der Waals surface area contributed by atoms with Gasteiger partial charge in [-0.1, -0.05) is 0 Å². The normalized spacial score (nSPS) is 52.1. The highest BCUT2D eigenvalue weighted by Gasteiger charge is 2.61. The fraction of sp³-hybridized carbons (Fsp3) is 1.00. The lowest BCUT2D eigenvalue weighted by atomic mass is 9.94. The molecule has 48 heteroatoms. The second-order valence-corrected chi connectivity index (χ2v) is 26.1. The zero-order valence-electron chi connectivity index (χ0n) is 49.4. The van der Waals surface area contributed by atoms with E-state index in [0.29, 0.717) is 0 Å². The maximum atomic E-state index is 12.0. The van der Waals surface area contributed by atoms with Gasteiger partial charge in [0.05, 0.1) is 52.9 Å². The second kappa shape index (κ2) is 32.8. The van der Waals surface area contributed by atoms with Crippen LogP contribution in [-0.4, -0.2) is 430 Å². The van der Waals surface area contributed by atoms with Crippen LogP contribution >= 0.6 is 15.6 Å². The lowest BCUT2D eigenvalue weighted by Gasteiger charge is -2.50. The van der Waals surface area contributed by atoms with Gasteiger partial charge in [-0.05, 0) is 0 Å². The summed E-state index contributed by atoms with van der Waals surface area (Å²) >= 11 is 0. The van der Waals surface area contributed by atoms with Gasteiger partial charge in [0.25, 0.3) is 0 Å². The van der Waals surface area contributed by atoms with Gasteiger partial charge in [-0.15, -0.1) is 0 Å². The summed E-state index contributed by atoms with van der Waals surface area (Å²) in [6, 6.07) is 0. The van der Waals surface area contributed by atoms with Crippen molar-refractivity contribution >= 4 is 15.6 Å². The fourth-order valence-corrected chi connectivity index (χ4v) is 12.9. The molecule has 40 atom stereocenters. The first-order valence-corrected chi connectivity index (χ1v) is 32.7. The lowest BCUT2D eigenvalue weighted by Crippen LogP contribution is -2.69. The van der Waals surface area contributed by atoms with Gasteiger partial charge in [-0.3, -0.25) is 9.05 Å². The molecule has 30 rings (SSSR count). The Morgan fingerprint density at radius 2 is 0.333 bits per heavy atom.